The lowest BCUT2D eigenvalue weighted by molar-refractivity contribution is -0.418. The van der Waals surface area contributed by atoms with Crippen molar-refractivity contribution >= 4 is 0 Å². The van der Waals surface area contributed by atoms with E-state index in [-0.39, 0.29) is 5.70 Å². The standard InChI is InChI=1S/C4H6N2O2/c1-4(2-3-5)6(7)8/h2-3H,1,5H2/b3-2-. The Hall–Kier alpha value is -1.32. The summed E-state index contributed by atoms with van der Waals surface area (Å²) in [5, 5.41) is 9.69. The van der Waals surface area contributed by atoms with Gasteiger partial charge in [0.2, 0.25) is 0 Å². The fourth-order valence-corrected chi connectivity index (χ4v) is 0.172. The fourth-order valence-electron chi connectivity index (χ4n) is 0.172. The first kappa shape index (κ1) is 6.68. The Morgan fingerprint density at radius 3 is 2.50 bits per heavy atom. The lowest BCUT2D eigenvalue weighted by Gasteiger charge is -1.82. The van der Waals surface area contributed by atoms with Crippen molar-refractivity contribution in [2.24, 2.45) is 5.73 Å². The zero-order valence-electron chi connectivity index (χ0n) is 4.20. The average Bonchev–Trinajstić information content (AvgIpc) is 1.67. The van der Waals surface area contributed by atoms with Gasteiger partial charge in [-0.2, -0.15) is 0 Å². The van der Waals surface area contributed by atoms with Gasteiger partial charge in [-0.15, -0.1) is 0 Å². The van der Waals surface area contributed by atoms with Gasteiger partial charge in [0.15, 0.2) is 0 Å². The molecule has 4 nitrogen and oxygen atoms in total. The number of hydrogen-bond acceptors (Lipinski definition) is 3. The number of nitrogens with two attached hydrogens (primary N) is 1. The van der Waals surface area contributed by atoms with Crippen molar-refractivity contribution in [2.75, 3.05) is 0 Å². The highest BCUT2D eigenvalue weighted by molar-refractivity contribution is 5.03. The quantitative estimate of drug-likeness (QED) is 0.318. The number of nitro groups is 1. The predicted octanol–water partition coefficient (Wildman–Crippen LogP) is 0.249. The molecule has 0 aromatic rings. The monoisotopic (exact) mass is 114 g/mol. The molecule has 8 heavy (non-hydrogen) atoms. The van der Waals surface area contributed by atoms with Gasteiger partial charge in [-0.1, -0.05) is 0 Å². The van der Waals surface area contributed by atoms with Gasteiger partial charge in [-0.25, -0.2) is 0 Å². The molecule has 0 aliphatic carbocycles. The van der Waals surface area contributed by atoms with E-state index in [4.69, 9.17) is 5.73 Å². The average molecular weight is 114 g/mol. The molecular weight excluding hydrogens is 108 g/mol. The maximum absolute atomic E-state index is 9.69. The summed E-state index contributed by atoms with van der Waals surface area (Å²) in [4.78, 5) is 9.08. The first-order valence-corrected chi connectivity index (χ1v) is 1.90. The van der Waals surface area contributed by atoms with E-state index in [1.165, 1.54) is 0 Å². The Morgan fingerprint density at radius 2 is 2.38 bits per heavy atom. The number of allylic oxidation sites excluding steroid dienone is 1. The van der Waals surface area contributed by atoms with Crippen LogP contribution in [0.15, 0.2) is 24.6 Å². The largest absolute Gasteiger partial charge is 0.404 e. The third kappa shape index (κ3) is 1.96. The van der Waals surface area contributed by atoms with Crippen LogP contribution in [-0.2, 0) is 0 Å². The van der Waals surface area contributed by atoms with Gasteiger partial charge in [0.25, 0.3) is 5.70 Å². The summed E-state index contributed by atoms with van der Waals surface area (Å²) in [6, 6.07) is 0. The maximum atomic E-state index is 9.69. The normalized spacial score (nSPS) is 9.50. The van der Waals surface area contributed by atoms with E-state index < -0.39 is 4.92 Å². The van der Waals surface area contributed by atoms with E-state index in [1.807, 2.05) is 0 Å². The molecule has 0 aliphatic heterocycles. The van der Waals surface area contributed by atoms with Gasteiger partial charge in [0.1, 0.15) is 0 Å². The number of nitrogens with zero attached hydrogens (tertiary/aromatic N) is 1. The first-order valence-electron chi connectivity index (χ1n) is 1.90. The summed E-state index contributed by atoms with van der Waals surface area (Å²) in [7, 11) is 0. The molecule has 0 bridgehead atoms. The Morgan fingerprint density at radius 1 is 1.88 bits per heavy atom. The van der Waals surface area contributed by atoms with Gasteiger partial charge in [0, 0.05) is 12.3 Å². The summed E-state index contributed by atoms with van der Waals surface area (Å²) in [5.74, 6) is 0. The molecule has 0 radical (unpaired) electrons. The van der Waals surface area contributed by atoms with Crippen LogP contribution >= 0.6 is 0 Å². The van der Waals surface area contributed by atoms with Crippen LogP contribution in [0.3, 0.4) is 0 Å². The van der Waals surface area contributed by atoms with Gasteiger partial charge in [0.05, 0.1) is 4.92 Å². The number of hydrogen-bond donors (Lipinski definition) is 1. The molecule has 0 aromatic carbocycles. The Labute approximate surface area is 46.4 Å². The Balaban J connectivity index is 3.85. The molecule has 0 saturated carbocycles. The molecule has 44 valence electrons. The molecule has 0 atom stereocenters. The first-order chi connectivity index (χ1) is 3.68. The second-order valence-corrected chi connectivity index (χ2v) is 1.11. The third-order valence-corrected chi connectivity index (χ3v) is 0.523. The molecule has 4 heteroatoms. The third-order valence-electron chi connectivity index (χ3n) is 0.523. The highest BCUT2D eigenvalue weighted by atomic mass is 16.6. The van der Waals surface area contributed by atoms with Crippen LogP contribution in [0.2, 0.25) is 0 Å². The lowest BCUT2D eigenvalue weighted by Crippen LogP contribution is -1.93. The molecule has 0 rings (SSSR count). The summed E-state index contributed by atoms with van der Waals surface area (Å²) in [6.45, 7) is 3.08. The fraction of sp³-hybridized carbons (Fsp3) is 0. The minimum atomic E-state index is -0.608. The second-order valence-electron chi connectivity index (χ2n) is 1.11. The van der Waals surface area contributed by atoms with Crippen LogP contribution in [-0.4, -0.2) is 4.92 Å². The lowest BCUT2D eigenvalue weighted by atomic mass is 10.5. The molecule has 0 unspecified atom stereocenters. The molecule has 0 amide bonds. The maximum Gasteiger partial charge on any atom is 0.263 e. The topological polar surface area (TPSA) is 69.2 Å². The van der Waals surface area contributed by atoms with E-state index in [0.717, 1.165) is 12.3 Å². The SMILES string of the molecule is C=C(/C=C\N)[N+](=O)[O-]. The molecule has 0 saturated heterocycles. The molecule has 0 spiro atoms. The summed E-state index contributed by atoms with van der Waals surface area (Å²) >= 11 is 0. The van der Waals surface area contributed by atoms with Gasteiger partial charge in [-0.05, 0) is 6.58 Å². The highest BCUT2D eigenvalue weighted by Gasteiger charge is 1.96. The van der Waals surface area contributed by atoms with Gasteiger partial charge in [-0.3, -0.25) is 10.1 Å². The van der Waals surface area contributed by atoms with Crippen LogP contribution in [0.1, 0.15) is 0 Å². The molecule has 2 N–H and O–H groups in total. The van der Waals surface area contributed by atoms with Crippen molar-refractivity contribution in [3.63, 3.8) is 0 Å². The van der Waals surface area contributed by atoms with Crippen LogP contribution < -0.4 is 5.73 Å². The van der Waals surface area contributed by atoms with E-state index in [2.05, 4.69) is 6.58 Å². The van der Waals surface area contributed by atoms with Crippen molar-refractivity contribution < 1.29 is 4.92 Å². The summed E-state index contributed by atoms with van der Waals surface area (Å²) in [5.41, 5.74) is 4.62. The Kier molecular flexibility index (Phi) is 2.33. The zero-order chi connectivity index (χ0) is 6.57. The van der Waals surface area contributed by atoms with Crippen LogP contribution in [0, 0.1) is 10.1 Å². The van der Waals surface area contributed by atoms with Crippen molar-refractivity contribution in [2.45, 2.75) is 0 Å². The molecule has 0 aliphatic rings. The summed E-state index contributed by atoms with van der Waals surface area (Å²) < 4.78 is 0. The van der Waals surface area contributed by atoms with Crippen molar-refractivity contribution in [3.05, 3.63) is 34.7 Å². The van der Waals surface area contributed by atoms with E-state index >= 15 is 0 Å². The highest BCUT2D eigenvalue weighted by Crippen LogP contribution is 1.89. The van der Waals surface area contributed by atoms with Crippen molar-refractivity contribution in [3.8, 4) is 0 Å². The van der Waals surface area contributed by atoms with E-state index in [9.17, 15) is 10.1 Å². The van der Waals surface area contributed by atoms with E-state index in [0.29, 0.717) is 0 Å². The van der Waals surface area contributed by atoms with Crippen molar-refractivity contribution in [1.82, 2.24) is 0 Å². The number of rotatable bonds is 2. The molecule has 0 aromatic heterocycles. The Bertz CT molecular complexity index is 139. The summed E-state index contributed by atoms with van der Waals surface area (Å²) in [6.07, 6.45) is 2.20. The molecular formula is C4H6N2O2. The van der Waals surface area contributed by atoms with Gasteiger partial charge >= 0.3 is 0 Å². The van der Waals surface area contributed by atoms with Gasteiger partial charge < -0.3 is 5.73 Å². The van der Waals surface area contributed by atoms with Crippen LogP contribution in [0.4, 0.5) is 0 Å². The van der Waals surface area contributed by atoms with Crippen LogP contribution in [0.25, 0.3) is 0 Å². The predicted molar refractivity (Wildman–Crippen MR) is 29.5 cm³/mol. The zero-order valence-corrected chi connectivity index (χ0v) is 4.20. The smallest absolute Gasteiger partial charge is 0.263 e. The van der Waals surface area contributed by atoms with E-state index in [1.54, 1.807) is 0 Å². The minimum Gasteiger partial charge on any atom is -0.404 e. The minimum absolute atomic E-state index is 0.201. The second kappa shape index (κ2) is 2.79. The van der Waals surface area contributed by atoms with Crippen LogP contribution in [0.5, 0.6) is 0 Å². The van der Waals surface area contributed by atoms with Crippen molar-refractivity contribution in [1.29, 1.82) is 0 Å². The molecule has 0 heterocycles. The molecule has 0 fully saturated rings.